The highest BCUT2D eigenvalue weighted by molar-refractivity contribution is 5.96. The molecule has 25 heavy (non-hydrogen) atoms. The van der Waals surface area contributed by atoms with Crippen LogP contribution in [0.5, 0.6) is 0 Å². The Labute approximate surface area is 143 Å². The van der Waals surface area contributed by atoms with Gasteiger partial charge in [0, 0.05) is 26.1 Å². The van der Waals surface area contributed by atoms with Crippen molar-refractivity contribution in [3.63, 3.8) is 0 Å². The number of anilines is 4. The molecule has 0 spiro atoms. The third-order valence-corrected chi connectivity index (χ3v) is 3.88. The van der Waals surface area contributed by atoms with Gasteiger partial charge in [-0.15, -0.1) is 0 Å². The molecule has 0 bridgehead atoms. The zero-order valence-electron chi connectivity index (χ0n) is 13.8. The number of fused-ring (bicyclic) bond motifs is 1. The Morgan fingerprint density at radius 2 is 1.96 bits per heavy atom. The largest absolute Gasteiger partial charge is 0.369 e. The highest BCUT2D eigenvalue weighted by Gasteiger charge is 2.33. The maximum Gasteiger partial charge on any atom is 0.278 e. The second-order valence-electron chi connectivity index (χ2n) is 5.74. The number of carbonyl (C=O) groups is 2. The number of carbonyl (C=O) groups excluding carboxylic acids is 2. The number of aromatic nitrogens is 2. The molecule has 9 nitrogen and oxygen atoms in total. The van der Waals surface area contributed by atoms with Crippen LogP contribution in [0.3, 0.4) is 0 Å². The Morgan fingerprint density at radius 1 is 1.28 bits per heavy atom. The number of nitrogen functional groups attached to an aromatic ring is 1. The van der Waals surface area contributed by atoms with E-state index in [1.165, 1.54) is 18.7 Å². The number of nitrogens with one attached hydrogen (secondary N) is 3. The maximum atomic E-state index is 12.3. The van der Waals surface area contributed by atoms with Crippen molar-refractivity contribution in [1.82, 2.24) is 9.97 Å². The van der Waals surface area contributed by atoms with Crippen LogP contribution in [0.25, 0.3) is 0 Å². The van der Waals surface area contributed by atoms with Crippen LogP contribution in [0.15, 0.2) is 29.1 Å². The van der Waals surface area contributed by atoms with E-state index in [1.807, 2.05) is 0 Å². The van der Waals surface area contributed by atoms with Gasteiger partial charge in [-0.3, -0.25) is 24.3 Å². The number of hydrogen-bond acceptors (Lipinski definition) is 6. The monoisotopic (exact) mass is 342 g/mol. The van der Waals surface area contributed by atoms with Gasteiger partial charge in [0.05, 0.1) is 6.04 Å². The first-order valence-corrected chi connectivity index (χ1v) is 7.68. The summed E-state index contributed by atoms with van der Waals surface area (Å²) in [5.41, 5.74) is 6.70. The molecule has 1 unspecified atom stereocenters. The lowest BCUT2D eigenvalue weighted by Gasteiger charge is -2.36. The van der Waals surface area contributed by atoms with E-state index in [0.29, 0.717) is 12.2 Å². The third-order valence-electron chi connectivity index (χ3n) is 3.88. The summed E-state index contributed by atoms with van der Waals surface area (Å²) >= 11 is 0. The molecule has 9 heteroatoms. The molecule has 3 rings (SSSR count). The minimum absolute atomic E-state index is 0.0159. The minimum atomic E-state index is -0.482. The first-order chi connectivity index (χ1) is 11.9. The molecule has 130 valence electrons. The second kappa shape index (κ2) is 6.27. The lowest BCUT2D eigenvalue weighted by molar-refractivity contribution is -0.117. The second-order valence-corrected chi connectivity index (χ2v) is 5.74. The van der Waals surface area contributed by atoms with Crippen LogP contribution in [-0.2, 0) is 9.59 Å². The van der Waals surface area contributed by atoms with Crippen LogP contribution in [0, 0.1) is 0 Å². The van der Waals surface area contributed by atoms with Gasteiger partial charge in [-0.05, 0) is 17.7 Å². The van der Waals surface area contributed by atoms with Gasteiger partial charge >= 0.3 is 0 Å². The van der Waals surface area contributed by atoms with E-state index in [9.17, 15) is 14.4 Å². The van der Waals surface area contributed by atoms with E-state index in [4.69, 9.17) is 5.73 Å². The molecule has 1 aromatic heterocycles. The molecule has 1 atom stereocenters. The predicted molar refractivity (Wildman–Crippen MR) is 94.4 cm³/mol. The lowest BCUT2D eigenvalue weighted by Crippen LogP contribution is -2.44. The summed E-state index contributed by atoms with van der Waals surface area (Å²) in [5, 5.41) is 5.74. The number of nitrogens with zero attached hydrogens (tertiary/aromatic N) is 2. The molecule has 2 heterocycles. The highest BCUT2D eigenvalue weighted by atomic mass is 16.2. The number of rotatable bonds is 2. The molecular weight excluding hydrogens is 324 g/mol. The fourth-order valence-corrected chi connectivity index (χ4v) is 2.91. The molecule has 0 radical (unpaired) electrons. The van der Waals surface area contributed by atoms with Gasteiger partial charge in [-0.1, -0.05) is 12.1 Å². The van der Waals surface area contributed by atoms with Gasteiger partial charge in [0.15, 0.2) is 11.5 Å². The Morgan fingerprint density at radius 3 is 2.56 bits per heavy atom. The molecule has 1 aliphatic rings. The Kier molecular flexibility index (Phi) is 4.14. The summed E-state index contributed by atoms with van der Waals surface area (Å²) < 4.78 is 0. The van der Waals surface area contributed by atoms with Gasteiger partial charge < -0.3 is 16.4 Å². The van der Waals surface area contributed by atoms with Crippen LogP contribution in [0.2, 0.25) is 0 Å². The smallest absolute Gasteiger partial charge is 0.278 e. The minimum Gasteiger partial charge on any atom is -0.369 e. The molecule has 2 amide bonds. The van der Waals surface area contributed by atoms with Crippen molar-refractivity contribution < 1.29 is 9.59 Å². The molecule has 0 fully saturated rings. The molecule has 0 aliphatic carbocycles. The fraction of sp³-hybridized carbons (Fsp3) is 0.250. The SMILES string of the molecule is CC(=O)Nc1ccc(C2CNc3nc(N)[nH]c(=O)c3N2C(C)=O)cc1. The van der Waals surface area contributed by atoms with Crippen molar-refractivity contribution in [3.05, 3.63) is 40.2 Å². The number of benzene rings is 1. The van der Waals surface area contributed by atoms with Crippen molar-refractivity contribution in [3.8, 4) is 0 Å². The Hall–Kier alpha value is -3.36. The molecule has 0 saturated heterocycles. The number of H-pyrrole nitrogens is 1. The van der Waals surface area contributed by atoms with E-state index >= 15 is 0 Å². The van der Waals surface area contributed by atoms with Crippen molar-refractivity contribution in [2.24, 2.45) is 0 Å². The Balaban J connectivity index is 2.00. The summed E-state index contributed by atoms with van der Waals surface area (Å²) in [6.45, 7) is 3.20. The van der Waals surface area contributed by atoms with E-state index in [2.05, 4.69) is 20.6 Å². The van der Waals surface area contributed by atoms with E-state index in [1.54, 1.807) is 24.3 Å². The lowest BCUT2D eigenvalue weighted by atomic mass is 10.0. The molecule has 1 aromatic carbocycles. The third kappa shape index (κ3) is 3.16. The van der Waals surface area contributed by atoms with Crippen molar-refractivity contribution >= 4 is 35.0 Å². The van der Waals surface area contributed by atoms with Crippen LogP contribution in [-0.4, -0.2) is 28.3 Å². The molecule has 1 aliphatic heterocycles. The van der Waals surface area contributed by atoms with Gasteiger partial charge in [-0.2, -0.15) is 4.98 Å². The van der Waals surface area contributed by atoms with E-state index in [0.717, 1.165) is 5.56 Å². The van der Waals surface area contributed by atoms with Crippen LogP contribution in [0.1, 0.15) is 25.5 Å². The van der Waals surface area contributed by atoms with Gasteiger partial charge in [0.1, 0.15) is 0 Å². The van der Waals surface area contributed by atoms with Gasteiger partial charge in [-0.25, -0.2) is 0 Å². The summed E-state index contributed by atoms with van der Waals surface area (Å²) in [6.07, 6.45) is 0. The summed E-state index contributed by atoms with van der Waals surface area (Å²) in [5.74, 6) is -0.183. The molecule has 2 aromatic rings. The first-order valence-electron chi connectivity index (χ1n) is 7.68. The number of nitrogens with two attached hydrogens (primary N) is 1. The van der Waals surface area contributed by atoms with E-state index in [-0.39, 0.29) is 35.3 Å². The molecule has 0 saturated carbocycles. The van der Waals surface area contributed by atoms with Crippen molar-refractivity contribution in [1.29, 1.82) is 0 Å². The number of amides is 2. The summed E-state index contributed by atoms with van der Waals surface area (Å²) in [6, 6.07) is 6.71. The van der Waals surface area contributed by atoms with Crippen molar-refractivity contribution in [2.75, 3.05) is 27.8 Å². The molecule has 5 N–H and O–H groups in total. The normalized spacial score (nSPS) is 15.9. The van der Waals surface area contributed by atoms with Gasteiger partial charge in [0.25, 0.3) is 5.56 Å². The predicted octanol–water partition coefficient (Wildman–Crippen LogP) is 0.830. The highest BCUT2D eigenvalue weighted by Crippen LogP contribution is 2.34. The number of hydrogen-bond donors (Lipinski definition) is 4. The maximum absolute atomic E-state index is 12.3. The van der Waals surface area contributed by atoms with Crippen LogP contribution < -0.4 is 26.8 Å². The zero-order valence-corrected chi connectivity index (χ0v) is 13.8. The average molecular weight is 342 g/mol. The first kappa shape index (κ1) is 16.5. The Bertz CT molecular complexity index is 890. The topological polar surface area (TPSA) is 133 Å². The van der Waals surface area contributed by atoms with Crippen LogP contribution in [0.4, 0.5) is 23.1 Å². The molecular formula is C16H18N6O3. The fourth-order valence-electron chi connectivity index (χ4n) is 2.91. The van der Waals surface area contributed by atoms with Crippen molar-refractivity contribution in [2.45, 2.75) is 19.9 Å². The summed E-state index contributed by atoms with van der Waals surface area (Å²) in [4.78, 5) is 43.5. The van der Waals surface area contributed by atoms with E-state index < -0.39 is 5.56 Å². The summed E-state index contributed by atoms with van der Waals surface area (Å²) in [7, 11) is 0. The average Bonchev–Trinajstić information content (AvgIpc) is 2.53. The standard InChI is InChI=1S/C16H18N6O3/c1-8(23)19-11-5-3-10(4-6-11)12-7-18-14-13(22(12)9(2)24)15(25)21-16(17)20-14/h3-6,12H,7H2,1-2H3,(H,19,23)(H4,17,18,20,21,25). The van der Waals surface area contributed by atoms with Gasteiger partial charge in [0.2, 0.25) is 17.8 Å². The van der Waals surface area contributed by atoms with Crippen LogP contribution >= 0.6 is 0 Å². The zero-order chi connectivity index (χ0) is 18.1. The number of aromatic amines is 1. The quantitative estimate of drug-likeness (QED) is 0.639.